The van der Waals surface area contributed by atoms with Gasteiger partial charge in [0.05, 0.1) is 17.0 Å². The molecule has 8 heteroatoms. The van der Waals surface area contributed by atoms with Crippen molar-refractivity contribution in [3.8, 4) is 5.75 Å². The molecule has 1 aliphatic rings. The number of hydrogen-bond donors (Lipinski definition) is 0. The Bertz CT molecular complexity index is 941. The molecule has 1 aliphatic heterocycles. The van der Waals surface area contributed by atoms with Gasteiger partial charge in [-0.15, -0.1) is 0 Å². The minimum atomic E-state index is -3.70. The van der Waals surface area contributed by atoms with Crippen molar-refractivity contribution in [3.05, 3.63) is 59.1 Å². The molecule has 1 saturated heterocycles. The fourth-order valence-electron chi connectivity index (χ4n) is 3.25. The number of halogens is 1. The Kier molecular flexibility index (Phi) is 7.16. The summed E-state index contributed by atoms with van der Waals surface area (Å²) in [6.45, 7) is 1.59. The van der Waals surface area contributed by atoms with Crippen molar-refractivity contribution < 1.29 is 17.9 Å². The average Bonchev–Trinajstić information content (AvgIpc) is 2.75. The zero-order chi connectivity index (χ0) is 20.9. The molecule has 3 rings (SSSR count). The number of nitrogens with zero attached hydrogens (tertiary/aromatic N) is 2. The first-order valence-electron chi connectivity index (χ1n) is 9.62. The number of sulfonamides is 1. The molecule has 0 unspecified atom stereocenters. The second kappa shape index (κ2) is 9.61. The van der Waals surface area contributed by atoms with Crippen LogP contribution in [0, 0.1) is 0 Å². The minimum absolute atomic E-state index is 0.0670. The van der Waals surface area contributed by atoms with E-state index in [9.17, 15) is 13.2 Å². The molecule has 0 atom stereocenters. The van der Waals surface area contributed by atoms with Gasteiger partial charge in [0.15, 0.2) is 0 Å². The summed E-state index contributed by atoms with van der Waals surface area (Å²) in [5.41, 5.74) is 0.187. The maximum Gasteiger partial charge on any atom is 0.255 e. The molecule has 0 spiro atoms. The van der Waals surface area contributed by atoms with Crippen molar-refractivity contribution in [1.29, 1.82) is 0 Å². The molecule has 1 fully saturated rings. The summed E-state index contributed by atoms with van der Waals surface area (Å²) in [5, 5.41) is 0.621. The van der Waals surface area contributed by atoms with Crippen LogP contribution < -0.4 is 4.74 Å². The third kappa shape index (κ3) is 5.29. The Hall–Kier alpha value is -2.09. The van der Waals surface area contributed by atoms with Crippen LogP contribution in [0.25, 0.3) is 0 Å². The first-order chi connectivity index (χ1) is 13.9. The van der Waals surface area contributed by atoms with Gasteiger partial charge >= 0.3 is 0 Å². The van der Waals surface area contributed by atoms with E-state index in [1.54, 1.807) is 49.5 Å². The fourth-order valence-corrected chi connectivity index (χ4v) is 5.08. The van der Waals surface area contributed by atoms with Gasteiger partial charge < -0.3 is 9.64 Å². The van der Waals surface area contributed by atoms with E-state index in [-0.39, 0.29) is 23.0 Å². The molecule has 2 aromatic rings. The van der Waals surface area contributed by atoms with Gasteiger partial charge in [-0.2, -0.15) is 4.31 Å². The molecule has 1 heterocycles. The van der Waals surface area contributed by atoms with Crippen LogP contribution in [0.15, 0.2) is 53.4 Å². The Balaban J connectivity index is 1.69. The molecular weight excluding hydrogens is 412 g/mol. The highest BCUT2D eigenvalue weighted by atomic mass is 35.5. The number of piperidine rings is 1. The monoisotopic (exact) mass is 436 g/mol. The summed E-state index contributed by atoms with van der Waals surface area (Å²) in [7, 11) is -2.06. The third-order valence-corrected chi connectivity index (χ3v) is 7.11. The Labute approximate surface area is 177 Å². The van der Waals surface area contributed by atoms with Gasteiger partial charge in [0.1, 0.15) is 12.4 Å². The minimum Gasteiger partial charge on any atom is -0.492 e. The molecular formula is C21H25ClN2O4S. The van der Waals surface area contributed by atoms with Crippen LogP contribution in [0.1, 0.15) is 29.6 Å². The van der Waals surface area contributed by atoms with Crippen molar-refractivity contribution in [3.63, 3.8) is 0 Å². The lowest BCUT2D eigenvalue weighted by atomic mass is 10.2. The highest BCUT2D eigenvalue weighted by Gasteiger charge is 2.30. The maximum absolute atomic E-state index is 13.1. The van der Waals surface area contributed by atoms with Gasteiger partial charge in [0.2, 0.25) is 10.0 Å². The van der Waals surface area contributed by atoms with Crippen molar-refractivity contribution >= 4 is 27.5 Å². The molecule has 156 valence electrons. The van der Waals surface area contributed by atoms with Gasteiger partial charge in [0, 0.05) is 25.2 Å². The second-order valence-electron chi connectivity index (χ2n) is 6.99. The van der Waals surface area contributed by atoms with Gasteiger partial charge in [-0.1, -0.05) is 30.2 Å². The number of carbonyl (C=O) groups is 1. The van der Waals surface area contributed by atoms with E-state index in [0.717, 1.165) is 19.3 Å². The molecule has 0 bridgehead atoms. The van der Waals surface area contributed by atoms with Gasteiger partial charge in [-0.3, -0.25) is 4.79 Å². The first-order valence-corrected chi connectivity index (χ1v) is 11.4. The average molecular weight is 437 g/mol. The zero-order valence-electron chi connectivity index (χ0n) is 16.4. The molecule has 6 nitrogen and oxygen atoms in total. The lowest BCUT2D eigenvalue weighted by molar-refractivity contribution is 0.0769. The molecule has 0 saturated carbocycles. The van der Waals surface area contributed by atoms with E-state index in [0.29, 0.717) is 30.4 Å². The Morgan fingerprint density at radius 3 is 2.41 bits per heavy atom. The summed E-state index contributed by atoms with van der Waals surface area (Å²) in [6, 6.07) is 13.4. The Morgan fingerprint density at radius 2 is 1.72 bits per heavy atom. The van der Waals surface area contributed by atoms with Crippen molar-refractivity contribution in [2.75, 3.05) is 33.3 Å². The zero-order valence-corrected chi connectivity index (χ0v) is 18.0. The lowest BCUT2D eigenvalue weighted by Gasteiger charge is -2.27. The SMILES string of the molecule is CN(CCOc1ccc(Cl)cc1)C(=O)c1ccccc1S(=O)(=O)N1CCCCC1. The van der Waals surface area contributed by atoms with Crippen LogP contribution in [0.4, 0.5) is 0 Å². The molecule has 1 amide bonds. The summed E-state index contributed by atoms with van der Waals surface area (Å²) < 4.78 is 33.3. The maximum atomic E-state index is 13.1. The highest BCUT2D eigenvalue weighted by Crippen LogP contribution is 2.24. The summed E-state index contributed by atoms with van der Waals surface area (Å²) in [6.07, 6.45) is 2.72. The molecule has 0 radical (unpaired) electrons. The van der Waals surface area contributed by atoms with Gasteiger partial charge in [0.25, 0.3) is 5.91 Å². The van der Waals surface area contributed by atoms with E-state index >= 15 is 0 Å². The van der Waals surface area contributed by atoms with Crippen LogP contribution in [0.5, 0.6) is 5.75 Å². The van der Waals surface area contributed by atoms with Crippen LogP contribution in [0.3, 0.4) is 0 Å². The van der Waals surface area contributed by atoms with Crippen LogP contribution >= 0.6 is 11.6 Å². The van der Waals surface area contributed by atoms with Crippen LogP contribution in [-0.4, -0.2) is 56.8 Å². The molecule has 29 heavy (non-hydrogen) atoms. The predicted octanol–water partition coefficient (Wildman–Crippen LogP) is 3.67. The molecule has 0 aromatic heterocycles. The molecule has 2 aromatic carbocycles. The van der Waals surface area contributed by atoms with E-state index in [4.69, 9.17) is 16.3 Å². The standard InChI is InChI=1S/C21H25ClN2O4S/c1-23(15-16-28-18-11-9-17(22)10-12-18)21(25)19-7-3-4-8-20(19)29(26,27)24-13-5-2-6-14-24/h3-4,7-12H,2,5-6,13-16H2,1H3. The summed E-state index contributed by atoms with van der Waals surface area (Å²) in [4.78, 5) is 14.5. The fraction of sp³-hybridized carbons (Fsp3) is 0.381. The summed E-state index contributed by atoms with van der Waals surface area (Å²) >= 11 is 5.85. The van der Waals surface area contributed by atoms with Crippen molar-refractivity contribution in [2.45, 2.75) is 24.2 Å². The van der Waals surface area contributed by atoms with E-state index < -0.39 is 10.0 Å². The lowest BCUT2D eigenvalue weighted by Crippen LogP contribution is -2.37. The first kappa shape index (κ1) is 21.6. The number of ether oxygens (including phenoxy) is 1. The molecule has 0 N–H and O–H groups in total. The van der Waals surface area contributed by atoms with E-state index in [2.05, 4.69) is 0 Å². The number of likely N-dealkylation sites (N-methyl/N-ethyl adjacent to an activating group) is 1. The predicted molar refractivity (Wildman–Crippen MR) is 113 cm³/mol. The topological polar surface area (TPSA) is 66.9 Å². The number of hydrogen-bond acceptors (Lipinski definition) is 4. The number of amides is 1. The molecule has 0 aliphatic carbocycles. The van der Waals surface area contributed by atoms with E-state index in [1.165, 1.54) is 15.3 Å². The number of benzene rings is 2. The van der Waals surface area contributed by atoms with Gasteiger partial charge in [-0.25, -0.2) is 8.42 Å². The highest BCUT2D eigenvalue weighted by molar-refractivity contribution is 7.89. The van der Waals surface area contributed by atoms with Crippen molar-refractivity contribution in [2.24, 2.45) is 0 Å². The smallest absolute Gasteiger partial charge is 0.255 e. The van der Waals surface area contributed by atoms with Crippen LogP contribution in [0.2, 0.25) is 5.02 Å². The second-order valence-corrected chi connectivity index (χ2v) is 9.33. The summed E-state index contributed by atoms with van der Waals surface area (Å²) in [5.74, 6) is 0.309. The van der Waals surface area contributed by atoms with Crippen LogP contribution in [-0.2, 0) is 10.0 Å². The van der Waals surface area contributed by atoms with Crippen molar-refractivity contribution in [1.82, 2.24) is 9.21 Å². The quantitative estimate of drug-likeness (QED) is 0.664. The van der Waals surface area contributed by atoms with E-state index in [1.807, 2.05) is 0 Å². The normalized spacial score (nSPS) is 15.1. The third-order valence-electron chi connectivity index (χ3n) is 4.91. The van der Waals surface area contributed by atoms with Gasteiger partial charge in [-0.05, 0) is 49.2 Å². The Morgan fingerprint density at radius 1 is 1.07 bits per heavy atom. The number of carbonyl (C=O) groups excluding carboxylic acids is 1. The number of rotatable bonds is 7. The largest absolute Gasteiger partial charge is 0.492 e.